The van der Waals surface area contributed by atoms with Gasteiger partial charge in [0.15, 0.2) is 0 Å². The van der Waals surface area contributed by atoms with Gasteiger partial charge in [-0.05, 0) is 44.4 Å². The van der Waals surface area contributed by atoms with Gasteiger partial charge in [-0.2, -0.15) is 0 Å². The normalized spacial score (nSPS) is 49.1. The number of aliphatic hydroxyl groups excluding tert-OH is 1. The Labute approximate surface area is 128 Å². The molecule has 3 saturated carbocycles. The second-order valence-corrected chi connectivity index (χ2v) is 7.66. The van der Waals surface area contributed by atoms with E-state index >= 15 is 0 Å². The van der Waals surface area contributed by atoms with E-state index in [0.717, 1.165) is 31.3 Å². The minimum Gasteiger partial charge on any atom is -0.392 e. The Morgan fingerprint density at radius 1 is 1.43 bits per heavy atom. The molecular formula is C19H28O2. The van der Waals surface area contributed by atoms with Gasteiger partial charge in [0.2, 0.25) is 0 Å². The number of rotatable bonds is 2. The summed E-state index contributed by atoms with van der Waals surface area (Å²) in [5, 5.41) is 22.0. The smallest absolute Gasteiger partial charge is 0.0949 e. The van der Waals surface area contributed by atoms with Crippen LogP contribution >= 0.6 is 0 Å². The molecule has 3 fully saturated rings. The van der Waals surface area contributed by atoms with E-state index in [9.17, 15) is 10.2 Å². The van der Waals surface area contributed by atoms with Crippen molar-refractivity contribution in [2.45, 2.75) is 58.2 Å². The number of allylic oxidation sites excluding steroid dienone is 3. The van der Waals surface area contributed by atoms with Gasteiger partial charge in [-0.1, -0.05) is 49.8 Å². The first-order valence-corrected chi connectivity index (χ1v) is 8.27. The molecule has 2 nitrogen and oxygen atoms in total. The van der Waals surface area contributed by atoms with Crippen molar-refractivity contribution in [3.05, 3.63) is 36.0 Å². The predicted octanol–water partition coefficient (Wildman–Crippen LogP) is 3.61. The van der Waals surface area contributed by atoms with E-state index in [1.54, 1.807) is 0 Å². The van der Waals surface area contributed by atoms with Gasteiger partial charge in [-0.3, -0.25) is 0 Å². The summed E-state index contributed by atoms with van der Waals surface area (Å²) in [6, 6.07) is 0. The third-order valence-corrected chi connectivity index (χ3v) is 6.52. The van der Waals surface area contributed by atoms with E-state index in [1.165, 1.54) is 5.57 Å². The summed E-state index contributed by atoms with van der Waals surface area (Å²) in [6.07, 6.45) is 9.92. The third kappa shape index (κ3) is 1.92. The molecule has 0 aromatic carbocycles. The van der Waals surface area contributed by atoms with E-state index in [4.69, 9.17) is 0 Å². The predicted molar refractivity (Wildman–Crippen MR) is 85.7 cm³/mol. The molecule has 2 N–H and O–H groups in total. The molecule has 6 atom stereocenters. The summed E-state index contributed by atoms with van der Waals surface area (Å²) in [6.45, 7) is 10.2. The van der Waals surface area contributed by atoms with Crippen LogP contribution in [0.1, 0.15) is 46.5 Å². The van der Waals surface area contributed by atoms with Gasteiger partial charge in [0.1, 0.15) is 0 Å². The third-order valence-electron chi connectivity index (χ3n) is 6.52. The Bertz CT molecular complexity index is 518. The number of hydrogen-bond donors (Lipinski definition) is 2. The Hall–Kier alpha value is -0.860. The molecule has 2 bridgehead atoms. The minimum atomic E-state index is -0.825. The van der Waals surface area contributed by atoms with Gasteiger partial charge in [0, 0.05) is 11.3 Å². The standard InChI is InChI=1S/C19H28O2/c1-12(2)8-11-19(21)13(3)14-9-10-18(19,4)15-6-5-7-16(20)17(14)15/h6,8,11,13-14,16-17,20-21H,1,5,7,9-10H2,2-4H3/b11-8+/t13-,14+,16+,17-,18+,19-/m1/s1. The van der Waals surface area contributed by atoms with E-state index in [2.05, 4.69) is 26.5 Å². The Kier molecular flexibility index (Phi) is 3.46. The van der Waals surface area contributed by atoms with E-state index in [-0.39, 0.29) is 23.4 Å². The van der Waals surface area contributed by atoms with Gasteiger partial charge >= 0.3 is 0 Å². The van der Waals surface area contributed by atoms with Crippen LogP contribution in [0, 0.1) is 23.2 Å². The zero-order chi connectivity index (χ0) is 15.4. The molecule has 0 aliphatic heterocycles. The van der Waals surface area contributed by atoms with Crippen LogP contribution < -0.4 is 0 Å². The van der Waals surface area contributed by atoms with Crippen LogP contribution in [0.5, 0.6) is 0 Å². The summed E-state index contributed by atoms with van der Waals surface area (Å²) in [5.41, 5.74) is 1.20. The van der Waals surface area contributed by atoms with Crippen molar-refractivity contribution < 1.29 is 10.2 Å². The summed E-state index contributed by atoms with van der Waals surface area (Å²) < 4.78 is 0. The first-order valence-electron chi connectivity index (χ1n) is 8.27. The second kappa shape index (κ2) is 4.82. The first-order chi connectivity index (χ1) is 9.81. The molecule has 0 unspecified atom stereocenters. The molecule has 4 aliphatic carbocycles. The van der Waals surface area contributed by atoms with Crippen LogP contribution in [0.2, 0.25) is 0 Å². The molecule has 2 heteroatoms. The minimum absolute atomic E-state index is 0.168. The van der Waals surface area contributed by atoms with Gasteiger partial charge < -0.3 is 10.2 Å². The van der Waals surface area contributed by atoms with Crippen LogP contribution in [0.15, 0.2) is 36.0 Å². The Morgan fingerprint density at radius 2 is 2.14 bits per heavy atom. The summed E-state index contributed by atoms with van der Waals surface area (Å²) in [4.78, 5) is 0. The van der Waals surface area contributed by atoms with Crippen LogP contribution in [-0.2, 0) is 0 Å². The molecule has 0 radical (unpaired) electrons. The fourth-order valence-corrected chi connectivity index (χ4v) is 5.25. The van der Waals surface area contributed by atoms with Crippen molar-refractivity contribution in [1.29, 1.82) is 0 Å². The molecule has 4 rings (SSSR count). The van der Waals surface area contributed by atoms with Gasteiger partial charge in [0.05, 0.1) is 11.7 Å². The molecule has 116 valence electrons. The zero-order valence-electron chi connectivity index (χ0n) is 13.5. The molecule has 0 spiro atoms. The summed E-state index contributed by atoms with van der Waals surface area (Å²) >= 11 is 0. The molecule has 4 aliphatic rings. The number of fused-ring (bicyclic) bond motifs is 2. The zero-order valence-corrected chi connectivity index (χ0v) is 13.5. The van der Waals surface area contributed by atoms with Crippen molar-refractivity contribution in [3.63, 3.8) is 0 Å². The van der Waals surface area contributed by atoms with Crippen molar-refractivity contribution in [3.8, 4) is 0 Å². The van der Waals surface area contributed by atoms with Crippen molar-refractivity contribution >= 4 is 0 Å². The molecule has 0 saturated heterocycles. The average molecular weight is 288 g/mol. The highest BCUT2D eigenvalue weighted by Gasteiger charge is 2.64. The maximum absolute atomic E-state index is 11.5. The second-order valence-electron chi connectivity index (χ2n) is 7.66. The van der Waals surface area contributed by atoms with Crippen molar-refractivity contribution in [1.82, 2.24) is 0 Å². The van der Waals surface area contributed by atoms with E-state index in [1.807, 2.05) is 19.1 Å². The highest BCUT2D eigenvalue weighted by molar-refractivity contribution is 5.38. The molecule has 21 heavy (non-hydrogen) atoms. The lowest BCUT2D eigenvalue weighted by atomic mass is 9.42. The van der Waals surface area contributed by atoms with Gasteiger partial charge in [-0.15, -0.1) is 0 Å². The maximum atomic E-state index is 11.5. The average Bonchev–Trinajstić information content (AvgIpc) is 2.44. The highest BCUT2D eigenvalue weighted by Crippen LogP contribution is 2.65. The fraction of sp³-hybridized carbons (Fsp3) is 0.684. The summed E-state index contributed by atoms with van der Waals surface area (Å²) in [5.74, 6) is 0.806. The number of aliphatic hydroxyl groups is 2. The van der Waals surface area contributed by atoms with Crippen LogP contribution in [-0.4, -0.2) is 21.9 Å². The largest absolute Gasteiger partial charge is 0.392 e. The number of hydrogen-bond acceptors (Lipinski definition) is 2. The molecule has 0 aromatic heterocycles. The van der Waals surface area contributed by atoms with Gasteiger partial charge in [-0.25, -0.2) is 0 Å². The maximum Gasteiger partial charge on any atom is 0.0949 e. The van der Waals surface area contributed by atoms with Crippen molar-refractivity contribution in [2.24, 2.45) is 23.2 Å². The first kappa shape index (κ1) is 15.1. The van der Waals surface area contributed by atoms with Gasteiger partial charge in [0.25, 0.3) is 0 Å². The molecule has 0 heterocycles. The molecular weight excluding hydrogens is 260 g/mol. The van der Waals surface area contributed by atoms with E-state index in [0.29, 0.717) is 5.92 Å². The molecule has 0 amide bonds. The monoisotopic (exact) mass is 288 g/mol. The van der Waals surface area contributed by atoms with Crippen LogP contribution in [0.3, 0.4) is 0 Å². The fourth-order valence-electron chi connectivity index (χ4n) is 5.25. The lowest BCUT2D eigenvalue weighted by Crippen LogP contribution is -2.65. The lowest BCUT2D eigenvalue weighted by Gasteiger charge is -2.64. The van der Waals surface area contributed by atoms with E-state index < -0.39 is 5.60 Å². The quantitative estimate of drug-likeness (QED) is 0.602. The lowest BCUT2D eigenvalue weighted by molar-refractivity contribution is -0.165. The SMILES string of the molecule is C=C(C)/C=C/[C@@]1(O)[C@H](C)[C@@H]2CC[C@@]1(C)C1=CCC[C@H](O)[C@@H]12. The Morgan fingerprint density at radius 3 is 2.81 bits per heavy atom. The van der Waals surface area contributed by atoms with Crippen LogP contribution in [0.4, 0.5) is 0 Å². The Balaban J connectivity index is 2.10. The highest BCUT2D eigenvalue weighted by atomic mass is 16.3. The molecule has 0 aromatic rings. The van der Waals surface area contributed by atoms with Crippen LogP contribution in [0.25, 0.3) is 0 Å². The van der Waals surface area contributed by atoms with Crippen molar-refractivity contribution in [2.75, 3.05) is 0 Å². The topological polar surface area (TPSA) is 40.5 Å². The summed E-state index contributed by atoms with van der Waals surface area (Å²) in [7, 11) is 0.